The zero-order chi connectivity index (χ0) is 19.3. The number of nitrogens with zero attached hydrogens (tertiary/aromatic N) is 2. The Morgan fingerprint density at radius 2 is 1.64 bits per heavy atom. The van der Waals surface area contributed by atoms with Crippen molar-refractivity contribution >= 4 is 17.2 Å². The number of rotatable bonds is 6. The van der Waals surface area contributed by atoms with E-state index >= 15 is 0 Å². The van der Waals surface area contributed by atoms with Gasteiger partial charge in [-0.25, -0.2) is 4.98 Å². The lowest BCUT2D eigenvalue weighted by atomic mass is 10.2. The van der Waals surface area contributed by atoms with Crippen LogP contribution in [0.2, 0.25) is 0 Å². The third kappa shape index (κ3) is 3.96. The summed E-state index contributed by atoms with van der Waals surface area (Å²) in [6.45, 7) is 2.57. The molecule has 0 radical (unpaired) electrons. The van der Waals surface area contributed by atoms with Crippen LogP contribution in [0.5, 0.6) is 17.2 Å². The summed E-state index contributed by atoms with van der Waals surface area (Å²) in [6, 6.07) is 18.2. The summed E-state index contributed by atoms with van der Waals surface area (Å²) in [7, 11) is 0. The number of aromatic nitrogens is 2. The van der Waals surface area contributed by atoms with Gasteiger partial charge in [-0.15, -0.1) is 0 Å². The number of amides is 1. The molecular weight excluding hydrogens is 354 g/mol. The third-order valence-electron chi connectivity index (χ3n) is 4.13. The molecule has 6 nitrogen and oxygen atoms in total. The van der Waals surface area contributed by atoms with Gasteiger partial charge in [0.15, 0.2) is 0 Å². The summed E-state index contributed by atoms with van der Waals surface area (Å²) in [5, 5.41) is 2.88. The molecule has 0 bridgehead atoms. The molecule has 0 saturated heterocycles. The van der Waals surface area contributed by atoms with Crippen molar-refractivity contribution in [2.75, 3.05) is 11.9 Å². The van der Waals surface area contributed by atoms with E-state index < -0.39 is 0 Å². The van der Waals surface area contributed by atoms with Gasteiger partial charge in [-0.2, -0.15) is 0 Å². The van der Waals surface area contributed by atoms with Gasteiger partial charge in [-0.1, -0.05) is 0 Å². The number of imidazole rings is 1. The average molecular weight is 373 g/mol. The normalized spacial score (nSPS) is 10.6. The van der Waals surface area contributed by atoms with Crippen LogP contribution in [0.15, 0.2) is 79.3 Å². The number of pyridine rings is 1. The molecule has 0 spiro atoms. The van der Waals surface area contributed by atoms with Crippen LogP contribution in [0.4, 0.5) is 5.69 Å². The molecule has 140 valence electrons. The van der Waals surface area contributed by atoms with Crippen molar-refractivity contribution in [2.45, 2.75) is 6.92 Å². The molecule has 4 aromatic rings. The molecule has 0 aliphatic carbocycles. The summed E-state index contributed by atoms with van der Waals surface area (Å²) in [4.78, 5) is 16.6. The van der Waals surface area contributed by atoms with Crippen molar-refractivity contribution in [1.29, 1.82) is 0 Å². The van der Waals surface area contributed by atoms with E-state index in [0.29, 0.717) is 29.4 Å². The number of benzene rings is 2. The average Bonchev–Trinajstić information content (AvgIpc) is 3.19. The van der Waals surface area contributed by atoms with Crippen molar-refractivity contribution in [3.05, 3.63) is 84.8 Å². The van der Waals surface area contributed by atoms with Crippen LogP contribution < -0.4 is 14.8 Å². The Balaban J connectivity index is 1.40. The van der Waals surface area contributed by atoms with Crippen molar-refractivity contribution in [2.24, 2.45) is 0 Å². The van der Waals surface area contributed by atoms with Crippen molar-refractivity contribution in [3.8, 4) is 17.2 Å². The highest BCUT2D eigenvalue weighted by Gasteiger charge is 2.08. The molecule has 6 heteroatoms. The van der Waals surface area contributed by atoms with Gasteiger partial charge >= 0.3 is 0 Å². The molecule has 4 rings (SSSR count). The fraction of sp³-hybridized carbons (Fsp3) is 0.0909. The largest absolute Gasteiger partial charge is 0.494 e. The number of hydrogen-bond acceptors (Lipinski definition) is 4. The van der Waals surface area contributed by atoms with E-state index in [2.05, 4.69) is 10.3 Å². The van der Waals surface area contributed by atoms with E-state index in [1.165, 1.54) is 0 Å². The van der Waals surface area contributed by atoms with Gasteiger partial charge in [0.25, 0.3) is 5.91 Å². The lowest BCUT2D eigenvalue weighted by molar-refractivity contribution is 0.102. The monoisotopic (exact) mass is 373 g/mol. The van der Waals surface area contributed by atoms with Crippen LogP contribution in [-0.4, -0.2) is 21.9 Å². The zero-order valence-corrected chi connectivity index (χ0v) is 15.3. The van der Waals surface area contributed by atoms with Gasteiger partial charge in [0.2, 0.25) is 0 Å². The molecule has 2 aromatic carbocycles. The first kappa shape index (κ1) is 17.6. The Morgan fingerprint density at radius 3 is 2.36 bits per heavy atom. The summed E-state index contributed by atoms with van der Waals surface area (Å²) in [5.74, 6) is 2.02. The van der Waals surface area contributed by atoms with Gasteiger partial charge in [-0.3, -0.25) is 4.79 Å². The van der Waals surface area contributed by atoms with Crippen molar-refractivity contribution in [3.63, 3.8) is 0 Å². The van der Waals surface area contributed by atoms with Gasteiger partial charge in [0, 0.05) is 24.3 Å². The Morgan fingerprint density at radius 1 is 0.964 bits per heavy atom. The zero-order valence-electron chi connectivity index (χ0n) is 15.3. The molecule has 28 heavy (non-hydrogen) atoms. The number of nitrogens with one attached hydrogen (secondary N) is 1. The second-order valence-electron chi connectivity index (χ2n) is 6.10. The lowest BCUT2D eigenvalue weighted by Crippen LogP contribution is -2.12. The Kier molecular flexibility index (Phi) is 4.93. The van der Waals surface area contributed by atoms with E-state index in [1.54, 1.807) is 36.8 Å². The minimum absolute atomic E-state index is 0.184. The molecule has 0 aliphatic heterocycles. The van der Waals surface area contributed by atoms with Crippen LogP contribution in [0.3, 0.4) is 0 Å². The number of hydrogen-bond donors (Lipinski definition) is 1. The third-order valence-corrected chi connectivity index (χ3v) is 4.13. The minimum Gasteiger partial charge on any atom is -0.494 e. The molecule has 1 amide bonds. The molecule has 0 saturated carbocycles. The number of carbonyl (C=O) groups is 1. The second-order valence-corrected chi connectivity index (χ2v) is 6.10. The van der Waals surface area contributed by atoms with Gasteiger partial charge in [0.1, 0.15) is 22.9 Å². The molecule has 2 aromatic heterocycles. The highest BCUT2D eigenvalue weighted by atomic mass is 16.5. The Bertz CT molecular complexity index is 1090. The van der Waals surface area contributed by atoms with E-state index in [-0.39, 0.29) is 5.91 Å². The van der Waals surface area contributed by atoms with Crippen LogP contribution in [-0.2, 0) is 0 Å². The number of fused-ring (bicyclic) bond motifs is 1. The standard InChI is InChI=1S/C22H19N3O3/c1-2-27-18-8-10-20(11-9-18)28-19-6-4-17(5-7-19)24-22(26)16-3-12-21-23-13-14-25(21)15-16/h3-15H,2H2,1H3,(H,24,26). The lowest BCUT2D eigenvalue weighted by Gasteiger charge is -2.09. The molecule has 0 aliphatic rings. The first-order chi connectivity index (χ1) is 13.7. The van der Waals surface area contributed by atoms with Gasteiger partial charge < -0.3 is 19.2 Å². The maximum Gasteiger partial charge on any atom is 0.257 e. The molecule has 0 fully saturated rings. The van der Waals surface area contributed by atoms with Crippen LogP contribution in [0.1, 0.15) is 17.3 Å². The minimum atomic E-state index is -0.184. The highest BCUT2D eigenvalue weighted by molar-refractivity contribution is 6.04. The van der Waals surface area contributed by atoms with Crippen LogP contribution >= 0.6 is 0 Å². The summed E-state index contributed by atoms with van der Waals surface area (Å²) >= 11 is 0. The highest BCUT2D eigenvalue weighted by Crippen LogP contribution is 2.25. The van der Waals surface area contributed by atoms with E-state index in [9.17, 15) is 4.79 Å². The summed E-state index contributed by atoms with van der Waals surface area (Å²) in [6.07, 6.45) is 5.25. The fourth-order valence-electron chi connectivity index (χ4n) is 2.77. The SMILES string of the molecule is CCOc1ccc(Oc2ccc(NC(=O)c3ccc4nccn4c3)cc2)cc1. The predicted octanol–water partition coefficient (Wildman–Crippen LogP) is 4.78. The maximum absolute atomic E-state index is 12.5. The molecule has 0 atom stereocenters. The number of ether oxygens (including phenoxy) is 2. The number of anilines is 1. The van der Waals surface area contributed by atoms with E-state index in [4.69, 9.17) is 9.47 Å². The van der Waals surface area contributed by atoms with Gasteiger partial charge in [-0.05, 0) is 67.6 Å². The molecule has 1 N–H and O–H groups in total. The summed E-state index contributed by atoms with van der Waals surface area (Å²) in [5.41, 5.74) is 2.04. The first-order valence-electron chi connectivity index (χ1n) is 8.96. The first-order valence-corrected chi connectivity index (χ1v) is 8.96. The predicted molar refractivity (Wildman–Crippen MR) is 107 cm³/mol. The molecular formula is C22H19N3O3. The smallest absolute Gasteiger partial charge is 0.257 e. The second kappa shape index (κ2) is 7.84. The fourth-order valence-corrected chi connectivity index (χ4v) is 2.77. The van der Waals surface area contributed by atoms with Crippen molar-refractivity contribution < 1.29 is 14.3 Å². The van der Waals surface area contributed by atoms with E-state index in [0.717, 1.165) is 11.4 Å². The quantitative estimate of drug-likeness (QED) is 0.528. The topological polar surface area (TPSA) is 64.9 Å². The van der Waals surface area contributed by atoms with Crippen LogP contribution in [0, 0.1) is 0 Å². The Hall–Kier alpha value is -3.80. The van der Waals surface area contributed by atoms with Crippen molar-refractivity contribution in [1.82, 2.24) is 9.38 Å². The van der Waals surface area contributed by atoms with Crippen LogP contribution in [0.25, 0.3) is 5.65 Å². The Labute approximate surface area is 162 Å². The molecule has 0 unspecified atom stereocenters. The molecule has 2 heterocycles. The van der Waals surface area contributed by atoms with Gasteiger partial charge in [0.05, 0.1) is 12.2 Å². The number of carbonyl (C=O) groups excluding carboxylic acids is 1. The maximum atomic E-state index is 12.5. The summed E-state index contributed by atoms with van der Waals surface area (Å²) < 4.78 is 13.0. The van der Waals surface area contributed by atoms with E-state index in [1.807, 2.05) is 53.8 Å².